The lowest BCUT2D eigenvalue weighted by molar-refractivity contribution is 0.00274. The maximum Gasteiger partial charge on any atom is 0.119 e. The van der Waals surface area contributed by atoms with Gasteiger partial charge in [0.2, 0.25) is 0 Å². The first-order chi connectivity index (χ1) is 19.4. The summed E-state index contributed by atoms with van der Waals surface area (Å²) in [6.07, 6.45) is 8.22. The van der Waals surface area contributed by atoms with E-state index in [4.69, 9.17) is 4.74 Å². The lowest BCUT2D eigenvalue weighted by Gasteiger charge is -2.58. The van der Waals surface area contributed by atoms with E-state index >= 15 is 0 Å². The molecule has 4 aliphatic rings. The van der Waals surface area contributed by atoms with Crippen molar-refractivity contribution in [2.45, 2.75) is 72.7 Å². The van der Waals surface area contributed by atoms with Crippen LogP contribution in [0.15, 0.2) is 76.5 Å². The van der Waals surface area contributed by atoms with Crippen molar-refractivity contribution in [2.24, 2.45) is 5.92 Å². The predicted octanol–water partition coefficient (Wildman–Crippen LogP) is 8.47. The molecule has 4 nitrogen and oxygen atoms in total. The SMILES string of the molecule is CC(CN1c2ccccc2Sc2ccccc21)N(C)C.COc1ccc2c(c1)[C@@]13CCCC[C@H]1[C@@H](C2)N(C)CC3.Cl.Cl. The highest BCUT2D eigenvalue weighted by molar-refractivity contribution is 7.99. The summed E-state index contributed by atoms with van der Waals surface area (Å²) in [7, 11) is 8.40. The van der Waals surface area contributed by atoms with Crippen LogP contribution < -0.4 is 9.64 Å². The molecule has 1 unspecified atom stereocenters. The van der Waals surface area contributed by atoms with Crippen molar-refractivity contribution in [3.8, 4) is 5.75 Å². The third kappa shape index (κ3) is 6.05. The highest BCUT2D eigenvalue weighted by Crippen LogP contribution is 2.56. The maximum absolute atomic E-state index is 5.51. The Morgan fingerprint density at radius 1 is 0.952 bits per heavy atom. The van der Waals surface area contributed by atoms with E-state index in [9.17, 15) is 0 Å². The Morgan fingerprint density at radius 3 is 2.26 bits per heavy atom. The molecule has 0 amide bonds. The second-order valence-corrected chi connectivity index (χ2v) is 13.6. The second kappa shape index (κ2) is 13.8. The van der Waals surface area contributed by atoms with Crippen LogP contribution in [0, 0.1) is 5.92 Å². The van der Waals surface area contributed by atoms with Crippen molar-refractivity contribution < 1.29 is 4.74 Å². The fourth-order valence-corrected chi connectivity index (χ4v) is 8.80. The third-order valence-electron chi connectivity index (χ3n) is 10.2. The molecule has 2 aliphatic heterocycles. The van der Waals surface area contributed by atoms with Gasteiger partial charge in [0.25, 0.3) is 0 Å². The molecular formula is C35H47Cl2N3OS. The van der Waals surface area contributed by atoms with Crippen LogP contribution in [-0.2, 0) is 11.8 Å². The number of rotatable bonds is 4. The van der Waals surface area contributed by atoms with Gasteiger partial charge in [-0.15, -0.1) is 24.8 Å². The summed E-state index contributed by atoms with van der Waals surface area (Å²) in [5, 5.41) is 0. The van der Waals surface area contributed by atoms with Crippen LogP contribution in [-0.4, -0.2) is 63.2 Å². The molecule has 2 aliphatic carbocycles. The van der Waals surface area contributed by atoms with E-state index in [2.05, 4.69) is 109 Å². The van der Waals surface area contributed by atoms with Crippen LogP contribution in [0.2, 0.25) is 0 Å². The van der Waals surface area contributed by atoms with Crippen molar-refractivity contribution in [3.63, 3.8) is 0 Å². The average molecular weight is 629 g/mol. The van der Waals surface area contributed by atoms with E-state index in [0.29, 0.717) is 11.5 Å². The highest BCUT2D eigenvalue weighted by Gasteiger charge is 2.53. The monoisotopic (exact) mass is 627 g/mol. The molecule has 4 atom stereocenters. The van der Waals surface area contributed by atoms with Gasteiger partial charge in [0.1, 0.15) is 5.75 Å². The number of piperidine rings is 1. The minimum absolute atomic E-state index is 0. The molecule has 1 saturated heterocycles. The topological polar surface area (TPSA) is 19.0 Å². The van der Waals surface area contributed by atoms with Gasteiger partial charge in [-0.3, -0.25) is 0 Å². The van der Waals surface area contributed by atoms with Gasteiger partial charge in [-0.2, -0.15) is 0 Å². The first kappa shape index (κ1) is 33.0. The Balaban J connectivity index is 0.000000184. The van der Waals surface area contributed by atoms with Crippen molar-refractivity contribution in [3.05, 3.63) is 77.9 Å². The van der Waals surface area contributed by atoms with Crippen LogP contribution >= 0.6 is 36.6 Å². The number of likely N-dealkylation sites (tertiary alicyclic amines) is 1. The minimum Gasteiger partial charge on any atom is -0.497 e. The number of halogens is 2. The molecule has 2 bridgehead atoms. The van der Waals surface area contributed by atoms with Crippen molar-refractivity contribution >= 4 is 48.0 Å². The van der Waals surface area contributed by atoms with Gasteiger partial charge < -0.3 is 19.4 Å². The summed E-state index contributed by atoms with van der Waals surface area (Å²) in [5.41, 5.74) is 6.32. The van der Waals surface area contributed by atoms with E-state index in [1.807, 2.05) is 11.8 Å². The molecular weight excluding hydrogens is 581 g/mol. The molecule has 2 fully saturated rings. The number of benzene rings is 3. The van der Waals surface area contributed by atoms with E-state index in [-0.39, 0.29) is 24.8 Å². The van der Waals surface area contributed by atoms with Crippen LogP contribution in [0.25, 0.3) is 0 Å². The van der Waals surface area contributed by atoms with Gasteiger partial charge >= 0.3 is 0 Å². The smallest absolute Gasteiger partial charge is 0.119 e. The summed E-state index contributed by atoms with van der Waals surface area (Å²) in [5.74, 6) is 1.91. The molecule has 2 heterocycles. The molecule has 0 N–H and O–H groups in total. The predicted molar refractivity (Wildman–Crippen MR) is 183 cm³/mol. The van der Waals surface area contributed by atoms with Gasteiger partial charge in [-0.25, -0.2) is 0 Å². The summed E-state index contributed by atoms with van der Waals surface area (Å²) >= 11 is 1.87. The number of nitrogens with zero attached hydrogens (tertiary/aromatic N) is 3. The molecule has 3 aromatic carbocycles. The Morgan fingerprint density at radius 2 is 1.62 bits per heavy atom. The summed E-state index contributed by atoms with van der Waals surface area (Å²) < 4.78 is 5.51. The third-order valence-corrected chi connectivity index (χ3v) is 11.3. The van der Waals surface area contributed by atoms with Gasteiger partial charge in [0, 0.05) is 33.8 Å². The molecule has 0 spiro atoms. The van der Waals surface area contributed by atoms with Crippen molar-refractivity contribution in [1.29, 1.82) is 0 Å². The van der Waals surface area contributed by atoms with E-state index < -0.39 is 0 Å². The van der Waals surface area contributed by atoms with Gasteiger partial charge in [-0.05, 0) is 114 Å². The number of hydrogen-bond donors (Lipinski definition) is 0. The highest BCUT2D eigenvalue weighted by atomic mass is 35.5. The first-order valence-corrected chi connectivity index (χ1v) is 15.9. The zero-order valence-electron chi connectivity index (χ0n) is 25.7. The van der Waals surface area contributed by atoms with Crippen LogP contribution in [0.4, 0.5) is 11.4 Å². The molecule has 228 valence electrons. The molecule has 0 aromatic heterocycles. The minimum atomic E-state index is 0. The molecule has 1 saturated carbocycles. The summed E-state index contributed by atoms with van der Waals surface area (Å²) in [6.45, 7) is 4.53. The van der Waals surface area contributed by atoms with E-state index in [0.717, 1.165) is 24.3 Å². The molecule has 7 rings (SSSR count). The standard InChI is InChI=1S/C18H25NO.C17H20N2S.2ClH/c1-19-10-9-18-8-4-3-5-15(18)17(19)11-13-6-7-14(20-2)12-16(13)18;1-13(18(2)3)12-19-14-8-4-6-10-16(14)20-17-11-7-5-9-15(17)19;;/h6-7,12,15,17H,3-5,8-11H2,1-2H3;4-11,13H,12H2,1-3H3;2*1H/t15-,17+,18+;;;/m0.../s1. The Kier molecular flexibility index (Phi) is 10.9. The van der Waals surface area contributed by atoms with Crippen molar-refractivity contribution in [1.82, 2.24) is 9.80 Å². The van der Waals surface area contributed by atoms with E-state index in [1.165, 1.54) is 66.2 Å². The zero-order chi connectivity index (χ0) is 27.9. The van der Waals surface area contributed by atoms with E-state index in [1.54, 1.807) is 18.2 Å². The molecule has 42 heavy (non-hydrogen) atoms. The summed E-state index contributed by atoms with van der Waals surface area (Å²) in [6, 6.07) is 25.5. The quantitative estimate of drug-likeness (QED) is 0.288. The lowest BCUT2D eigenvalue weighted by atomic mass is 9.52. The number of ether oxygens (including phenoxy) is 1. The van der Waals surface area contributed by atoms with Gasteiger partial charge in [-0.1, -0.05) is 54.9 Å². The number of methoxy groups -OCH3 is 1. The number of likely N-dealkylation sites (N-methyl/N-ethyl adjacent to an activating group) is 2. The fourth-order valence-electron chi connectivity index (χ4n) is 7.71. The van der Waals surface area contributed by atoms with Crippen LogP contribution in [0.1, 0.15) is 50.2 Å². The number of anilines is 2. The Labute approximate surface area is 270 Å². The first-order valence-electron chi connectivity index (χ1n) is 15.1. The number of fused-ring (bicyclic) bond motifs is 3. The van der Waals surface area contributed by atoms with Gasteiger partial charge in [0.15, 0.2) is 0 Å². The average Bonchev–Trinajstić information content (AvgIpc) is 2.99. The van der Waals surface area contributed by atoms with Crippen LogP contribution in [0.3, 0.4) is 0 Å². The molecule has 7 heteroatoms. The second-order valence-electron chi connectivity index (χ2n) is 12.5. The molecule has 3 aromatic rings. The molecule has 0 radical (unpaired) electrons. The fraction of sp³-hybridized carbons (Fsp3) is 0.486. The Hall–Kier alpha value is -1.89. The number of hydrogen-bond acceptors (Lipinski definition) is 5. The summed E-state index contributed by atoms with van der Waals surface area (Å²) in [4.78, 5) is 10.0. The number of para-hydroxylation sites is 2. The zero-order valence-corrected chi connectivity index (χ0v) is 28.2. The Bertz CT molecular complexity index is 1310. The van der Waals surface area contributed by atoms with Crippen LogP contribution in [0.5, 0.6) is 5.75 Å². The van der Waals surface area contributed by atoms with Gasteiger partial charge in [0.05, 0.1) is 18.5 Å². The normalized spacial score (nSPS) is 24.3. The maximum atomic E-state index is 5.51. The van der Waals surface area contributed by atoms with Crippen molar-refractivity contribution in [2.75, 3.05) is 46.2 Å². The largest absolute Gasteiger partial charge is 0.497 e. The lowest BCUT2D eigenvalue weighted by Crippen LogP contribution is -2.59.